The maximum Gasteiger partial charge on any atom is 0.154 e. The van der Waals surface area contributed by atoms with Gasteiger partial charge in [-0.25, -0.2) is 9.50 Å². The third-order valence-electron chi connectivity index (χ3n) is 5.73. The van der Waals surface area contributed by atoms with Crippen LogP contribution in [0.2, 0.25) is 0 Å². The predicted octanol–water partition coefficient (Wildman–Crippen LogP) is 3.35. The molecule has 1 aliphatic rings. The maximum absolute atomic E-state index is 10.2. The van der Waals surface area contributed by atoms with E-state index < -0.39 is 5.60 Å². The third kappa shape index (κ3) is 3.70. The lowest BCUT2D eigenvalue weighted by atomic mass is 9.94. The van der Waals surface area contributed by atoms with Crippen molar-refractivity contribution in [3.05, 3.63) is 42.1 Å². The molecule has 1 fully saturated rings. The summed E-state index contributed by atoms with van der Waals surface area (Å²) in [6.07, 6.45) is 3.26. The Kier molecular flexibility index (Phi) is 4.78. The number of piperidine rings is 1. The molecule has 0 amide bonds. The van der Waals surface area contributed by atoms with Crippen molar-refractivity contribution in [2.45, 2.75) is 39.2 Å². The molecule has 3 heterocycles. The minimum Gasteiger partial charge on any atom is -0.398 e. The van der Waals surface area contributed by atoms with E-state index in [9.17, 15) is 5.11 Å². The highest BCUT2D eigenvalue weighted by molar-refractivity contribution is 6.04. The van der Waals surface area contributed by atoms with E-state index in [-0.39, 0.29) is 5.92 Å². The highest BCUT2D eigenvalue weighted by atomic mass is 16.3. The normalized spacial score (nSPS) is 16.5. The summed E-state index contributed by atoms with van der Waals surface area (Å²) < 4.78 is 1.84. The number of aromatic nitrogens is 3. The number of anilines is 2. The lowest BCUT2D eigenvalue weighted by Gasteiger charge is -2.36. The number of benzene rings is 1. The van der Waals surface area contributed by atoms with E-state index >= 15 is 0 Å². The molecule has 0 radical (unpaired) electrons. The Morgan fingerprint density at radius 2 is 1.93 bits per heavy atom. The van der Waals surface area contributed by atoms with Crippen molar-refractivity contribution in [2.24, 2.45) is 5.92 Å². The zero-order chi connectivity index (χ0) is 20.8. The standard InChI is InChI=1S/C22H28N6O/c1-14(2)21(24)16-12-15(4-5-17(16)23)18-13-25-19-6-7-20(26-28(18)19)27-10-8-22(3,29)9-11-27/h4-7,12-14,24,29H,8-11,23H2,1-3H3. The van der Waals surface area contributed by atoms with E-state index in [0.29, 0.717) is 11.4 Å². The van der Waals surface area contributed by atoms with Crippen LogP contribution in [0.3, 0.4) is 0 Å². The largest absolute Gasteiger partial charge is 0.398 e. The van der Waals surface area contributed by atoms with Crippen LogP contribution in [-0.4, -0.2) is 44.1 Å². The second kappa shape index (κ2) is 7.15. The van der Waals surface area contributed by atoms with Crippen molar-refractivity contribution in [1.82, 2.24) is 14.6 Å². The smallest absolute Gasteiger partial charge is 0.154 e. The minimum atomic E-state index is -0.595. The molecule has 0 bridgehead atoms. The first-order chi connectivity index (χ1) is 13.7. The van der Waals surface area contributed by atoms with Crippen LogP contribution in [0.1, 0.15) is 39.2 Å². The predicted molar refractivity (Wildman–Crippen MR) is 117 cm³/mol. The van der Waals surface area contributed by atoms with Gasteiger partial charge in [-0.15, -0.1) is 5.10 Å². The number of nitrogens with one attached hydrogen (secondary N) is 1. The van der Waals surface area contributed by atoms with E-state index in [4.69, 9.17) is 16.2 Å². The number of nitrogens with zero attached hydrogens (tertiary/aromatic N) is 4. The first kappa shape index (κ1) is 19.4. The Labute approximate surface area is 170 Å². The summed E-state index contributed by atoms with van der Waals surface area (Å²) in [5, 5.41) is 23.4. The SMILES string of the molecule is CC(C)C(=N)c1cc(-c2cnc3ccc(N4CCC(C)(O)CC4)nn23)ccc1N. The van der Waals surface area contributed by atoms with Crippen LogP contribution in [-0.2, 0) is 0 Å². The third-order valence-corrected chi connectivity index (χ3v) is 5.73. The van der Waals surface area contributed by atoms with Gasteiger partial charge in [0.2, 0.25) is 0 Å². The van der Waals surface area contributed by atoms with Crippen molar-refractivity contribution in [2.75, 3.05) is 23.7 Å². The van der Waals surface area contributed by atoms with Crippen LogP contribution in [0.25, 0.3) is 16.9 Å². The van der Waals surface area contributed by atoms with E-state index in [1.165, 1.54) is 0 Å². The Balaban J connectivity index is 1.72. The number of fused-ring (bicyclic) bond motifs is 1. The van der Waals surface area contributed by atoms with Crippen molar-refractivity contribution in [3.63, 3.8) is 0 Å². The topological polar surface area (TPSA) is 104 Å². The molecule has 4 N–H and O–H groups in total. The average Bonchev–Trinajstić information content (AvgIpc) is 3.11. The van der Waals surface area contributed by atoms with Gasteiger partial charge in [0.05, 0.1) is 17.5 Å². The summed E-state index contributed by atoms with van der Waals surface area (Å²) >= 11 is 0. The zero-order valence-corrected chi connectivity index (χ0v) is 17.2. The van der Waals surface area contributed by atoms with Gasteiger partial charge in [0.1, 0.15) is 5.82 Å². The summed E-state index contributed by atoms with van der Waals surface area (Å²) in [7, 11) is 0. The molecule has 0 saturated carbocycles. The molecule has 7 heteroatoms. The summed E-state index contributed by atoms with van der Waals surface area (Å²) in [5.74, 6) is 0.966. The zero-order valence-electron chi connectivity index (χ0n) is 17.2. The van der Waals surface area contributed by atoms with E-state index in [1.807, 2.05) is 55.6 Å². The van der Waals surface area contributed by atoms with E-state index in [0.717, 1.165) is 54.2 Å². The van der Waals surface area contributed by atoms with E-state index in [1.54, 1.807) is 6.20 Å². The van der Waals surface area contributed by atoms with Gasteiger partial charge in [-0.3, -0.25) is 0 Å². The average molecular weight is 393 g/mol. The lowest BCUT2D eigenvalue weighted by Crippen LogP contribution is -2.42. The van der Waals surface area contributed by atoms with Gasteiger partial charge in [0.25, 0.3) is 0 Å². The molecule has 0 unspecified atom stereocenters. The Morgan fingerprint density at radius 1 is 1.21 bits per heavy atom. The summed E-state index contributed by atoms with van der Waals surface area (Å²) in [5.41, 5.74) is 9.98. The molecular formula is C22H28N6O. The molecule has 0 atom stereocenters. The molecular weight excluding hydrogens is 364 g/mol. The van der Waals surface area contributed by atoms with E-state index in [2.05, 4.69) is 9.88 Å². The van der Waals surface area contributed by atoms with Gasteiger partial charge in [-0.2, -0.15) is 0 Å². The molecule has 152 valence electrons. The number of hydrogen-bond donors (Lipinski definition) is 3. The number of nitrogens with two attached hydrogens (primary N) is 1. The molecule has 1 aliphatic heterocycles. The number of imidazole rings is 1. The van der Waals surface area contributed by atoms with Crippen molar-refractivity contribution >= 4 is 22.9 Å². The molecule has 0 spiro atoms. The monoisotopic (exact) mass is 392 g/mol. The number of nitrogen functional groups attached to an aromatic ring is 1. The van der Waals surface area contributed by atoms with Gasteiger partial charge in [-0.05, 0) is 49.9 Å². The molecule has 7 nitrogen and oxygen atoms in total. The fourth-order valence-corrected chi connectivity index (χ4v) is 3.71. The number of aliphatic hydroxyl groups is 1. The quantitative estimate of drug-likeness (QED) is 0.467. The number of rotatable bonds is 4. The fourth-order valence-electron chi connectivity index (χ4n) is 3.71. The van der Waals surface area contributed by atoms with Crippen molar-refractivity contribution in [1.29, 1.82) is 5.41 Å². The lowest BCUT2D eigenvalue weighted by molar-refractivity contribution is 0.0350. The summed E-state index contributed by atoms with van der Waals surface area (Å²) in [6.45, 7) is 7.42. The fraction of sp³-hybridized carbons (Fsp3) is 0.409. The van der Waals surface area contributed by atoms with Gasteiger partial charge in [0.15, 0.2) is 5.65 Å². The van der Waals surface area contributed by atoms with Crippen LogP contribution >= 0.6 is 0 Å². The van der Waals surface area contributed by atoms with Crippen molar-refractivity contribution in [3.8, 4) is 11.3 Å². The molecule has 4 rings (SSSR count). The molecule has 3 aromatic rings. The van der Waals surface area contributed by atoms with Crippen LogP contribution in [0.4, 0.5) is 11.5 Å². The first-order valence-electron chi connectivity index (χ1n) is 10.1. The molecule has 0 aliphatic carbocycles. The van der Waals surface area contributed by atoms with Gasteiger partial charge < -0.3 is 21.1 Å². The van der Waals surface area contributed by atoms with Crippen LogP contribution < -0.4 is 10.6 Å². The van der Waals surface area contributed by atoms with Crippen molar-refractivity contribution < 1.29 is 5.11 Å². The molecule has 2 aromatic heterocycles. The Hall–Kier alpha value is -2.93. The highest BCUT2D eigenvalue weighted by Gasteiger charge is 2.28. The minimum absolute atomic E-state index is 0.0933. The van der Waals surface area contributed by atoms with Crippen LogP contribution in [0, 0.1) is 11.3 Å². The molecule has 1 saturated heterocycles. The first-order valence-corrected chi connectivity index (χ1v) is 10.1. The van der Waals surface area contributed by atoms with Gasteiger partial charge in [-0.1, -0.05) is 19.9 Å². The highest BCUT2D eigenvalue weighted by Crippen LogP contribution is 2.28. The second-order valence-electron chi connectivity index (χ2n) is 8.46. The van der Waals surface area contributed by atoms with Crippen LogP contribution in [0.5, 0.6) is 0 Å². The summed E-state index contributed by atoms with van der Waals surface area (Å²) in [6, 6.07) is 9.69. The molecule has 29 heavy (non-hydrogen) atoms. The Bertz CT molecular complexity index is 1060. The van der Waals surface area contributed by atoms with Gasteiger partial charge >= 0.3 is 0 Å². The Morgan fingerprint density at radius 3 is 2.62 bits per heavy atom. The second-order valence-corrected chi connectivity index (χ2v) is 8.46. The maximum atomic E-state index is 10.2. The number of hydrogen-bond acceptors (Lipinski definition) is 6. The van der Waals surface area contributed by atoms with Crippen LogP contribution in [0.15, 0.2) is 36.5 Å². The summed E-state index contributed by atoms with van der Waals surface area (Å²) in [4.78, 5) is 6.69. The van der Waals surface area contributed by atoms with Gasteiger partial charge in [0, 0.05) is 35.6 Å². The molecule has 1 aromatic carbocycles.